The first kappa shape index (κ1) is 16.9. The van der Waals surface area contributed by atoms with E-state index >= 15 is 0 Å². The Balaban J connectivity index is 1.83. The molecule has 0 spiro atoms. The molecule has 122 valence electrons. The third kappa shape index (κ3) is 3.93. The molecule has 0 aliphatic carbocycles. The Morgan fingerprint density at radius 2 is 2.04 bits per heavy atom. The number of ether oxygens (including phenoxy) is 1. The largest absolute Gasteiger partial charge is 0.495 e. The zero-order chi connectivity index (χ0) is 17.1. The van der Waals surface area contributed by atoms with Gasteiger partial charge in [0, 0.05) is 5.02 Å². The molecule has 1 heterocycles. The zero-order valence-electron chi connectivity index (χ0n) is 12.5. The summed E-state index contributed by atoms with van der Waals surface area (Å²) < 4.78 is 5.12. The first-order chi connectivity index (χ1) is 11.5. The molecule has 1 saturated heterocycles. The van der Waals surface area contributed by atoms with Gasteiger partial charge in [-0.15, -0.1) is 0 Å². The minimum atomic E-state index is -0.201. The molecule has 1 amide bonds. The fraction of sp³-hybridized carbons (Fsp3) is 0.0588. The molecule has 2 aromatic carbocycles. The maximum absolute atomic E-state index is 12.1. The van der Waals surface area contributed by atoms with Crippen molar-refractivity contribution >= 4 is 57.8 Å². The minimum Gasteiger partial charge on any atom is -0.495 e. The summed E-state index contributed by atoms with van der Waals surface area (Å²) in [6, 6.07) is 12.4. The molecule has 0 radical (unpaired) electrons. The van der Waals surface area contributed by atoms with Crippen molar-refractivity contribution in [3.8, 4) is 5.75 Å². The van der Waals surface area contributed by atoms with Crippen molar-refractivity contribution in [3.05, 3.63) is 63.0 Å². The number of nitrogens with zero attached hydrogens (tertiary/aromatic N) is 1. The van der Waals surface area contributed by atoms with E-state index < -0.39 is 0 Å². The van der Waals surface area contributed by atoms with E-state index in [1.54, 1.807) is 43.5 Å². The Bertz CT molecular complexity index is 865. The molecule has 0 unspecified atom stereocenters. The standard InChI is InChI=1S/C17H12Cl2N2O2S/c1-23-14-6-5-10(7-13(14)19)8-15-16(22)21-17(24-15)20-12-4-2-3-11(18)9-12/h2-9H,1H3,(H,20,21,22)/b15-8-. The molecule has 0 bridgehead atoms. The first-order valence-corrected chi connectivity index (χ1v) is 8.51. The number of amides is 1. The molecule has 1 N–H and O–H groups in total. The average molecular weight is 379 g/mol. The highest BCUT2D eigenvalue weighted by Crippen LogP contribution is 2.31. The predicted octanol–water partition coefficient (Wildman–Crippen LogP) is 4.89. The normalized spacial score (nSPS) is 17.4. The molecular formula is C17H12Cl2N2O2S. The number of methoxy groups -OCH3 is 1. The molecule has 0 aromatic heterocycles. The van der Waals surface area contributed by atoms with E-state index in [2.05, 4.69) is 10.3 Å². The lowest BCUT2D eigenvalue weighted by molar-refractivity contribution is -0.115. The molecule has 1 aliphatic heterocycles. The molecule has 4 nitrogen and oxygen atoms in total. The fourth-order valence-electron chi connectivity index (χ4n) is 2.07. The van der Waals surface area contributed by atoms with Crippen molar-refractivity contribution in [2.75, 3.05) is 7.11 Å². The van der Waals surface area contributed by atoms with Gasteiger partial charge < -0.3 is 10.1 Å². The van der Waals surface area contributed by atoms with Crippen LogP contribution >= 0.6 is 35.0 Å². The highest BCUT2D eigenvalue weighted by molar-refractivity contribution is 8.18. The van der Waals surface area contributed by atoms with E-state index in [1.165, 1.54) is 11.8 Å². The fourth-order valence-corrected chi connectivity index (χ4v) is 3.36. The van der Waals surface area contributed by atoms with Crippen LogP contribution in [-0.4, -0.2) is 18.2 Å². The SMILES string of the molecule is COc1ccc(/C=C2\SC(=Nc3cccc(Cl)c3)NC2=O)cc1Cl. The summed E-state index contributed by atoms with van der Waals surface area (Å²) in [5, 5.41) is 4.32. The number of rotatable bonds is 3. The molecule has 3 rings (SSSR count). The van der Waals surface area contributed by atoms with Gasteiger partial charge in [-0.1, -0.05) is 35.3 Å². The Morgan fingerprint density at radius 3 is 2.75 bits per heavy atom. The number of hydrogen-bond acceptors (Lipinski definition) is 4. The van der Waals surface area contributed by atoms with Crippen LogP contribution in [0.5, 0.6) is 5.75 Å². The summed E-state index contributed by atoms with van der Waals surface area (Å²) in [5.41, 5.74) is 1.49. The van der Waals surface area contributed by atoms with Crippen molar-refractivity contribution in [1.29, 1.82) is 0 Å². The van der Waals surface area contributed by atoms with Crippen LogP contribution in [-0.2, 0) is 4.79 Å². The number of thioether (sulfide) groups is 1. The average Bonchev–Trinajstić information content (AvgIpc) is 2.87. The second kappa shape index (κ2) is 7.30. The van der Waals surface area contributed by atoms with E-state index in [1.807, 2.05) is 12.1 Å². The van der Waals surface area contributed by atoms with Crippen LogP contribution in [0.15, 0.2) is 52.4 Å². The summed E-state index contributed by atoms with van der Waals surface area (Å²) in [5.74, 6) is 0.387. The van der Waals surface area contributed by atoms with Gasteiger partial charge in [0.2, 0.25) is 0 Å². The van der Waals surface area contributed by atoms with Gasteiger partial charge in [0.15, 0.2) is 5.17 Å². The number of nitrogens with one attached hydrogen (secondary N) is 1. The number of hydrogen-bond donors (Lipinski definition) is 1. The molecule has 2 aromatic rings. The third-order valence-corrected chi connectivity index (χ3v) is 4.60. The van der Waals surface area contributed by atoms with Gasteiger partial charge in [-0.05, 0) is 53.7 Å². The number of aliphatic imine (C=N–C) groups is 1. The summed E-state index contributed by atoms with van der Waals surface area (Å²) in [6.45, 7) is 0. The van der Waals surface area contributed by atoms with Crippen LogP contribution in [0.4, 0.5) is 5.69 Å². The smallest absolute Gasteiger partial charge is 0.264 e. The van der Waals surface area contributed by atoms with Crippen LogP contribution in [0.3, 0.4) is 0 Å². The lowest BCUT2D eigenvalue weighted by Gasteiger charge is -2.03. The Labute approximate surface area is 153 Å². The summed E-state index contributed by atoms with van der Waals surface area (Å²) in [7, 11) is 1.55. The van der Waals surface area contributed by atoms with Crippen molar-refractivity contribution in [3.63, 3.8) is 0 Å². The van der Waals surface area contributed by atoms with E-state index in [-0.39, 0.29) is 5.91 Å². The molecule has 1 aliphatic rings. The highest BCUT2D eigenvalue weighted by Gasteiger charge is 2.23. The Morgan fingerprint density at radius 1 is 1.21 bits per heavy atom. The quantitative estimate of drug-likeness (QED) is 0.773. The number of carbonyl (C=O) groups is 1. The van der Waals surface area contributed by atoms with Crippen LogP contribution in [0.1, 0.15) is 5.56 Å². The molecule has 24 heavy (non-hydrogen) atoms. The lowest BCUT2D eigenvalue weighted by Crippen LogP contribution is -2.19. The summed E-state index contributed by atoms with van der Waals surface area (Å²) in [6.07, 6.45) is 1.76. The van der Waals surface area contributed by atoms with Gasteiger partial charge in [0.05, 0.1) is 22.7 Å². The van der Waals surface area contributed by atoms with Gasteiger partial charge in [-0.25, -0.2) is 4.99 Å². The van der Waals surface area contributed by atoms with E-state index in [4.69, 9.17) is 27.9 Å². The van der Waals surface area contributed by atoms with Gasteiger partial charge in [-0.2, -0.15) is 0 Å². The monoisotopic (exact) mass is 378 g/mol. The Hall–Kier alpha value is -1.95. The van der Waals surface area contributed by atoms with Crippen LogP contribution < -0.4 is 10.1 Å². The molecular weight excluding hydrogens is 367 g/mol. The lowest BCUT2D eigenvalue weighted by atomic mass is 10.2. The van der Waals surface area contributed by atoms with E-state index in [9.17, 15) is 4.79 Å². The number of amidine groups is 1. The molecule has 0 atom stereocenters. The van der Waals surface area contributed by atoms with Gasteiger partial charge in [0.25, 0.3) is 5.91 Å². The minimum absolute atomic E-state index is 0.201. The molecule has 0 saturated carbocycles. The second-order valence-corrected chi connectivity index (χ2v) is 6.73. The van der Waals surface area contributed by atoms with Gasteiger partial charge in [0.1, 0.15) is 5.75 Å². The third-order valence-electron chi connectivity index (χ3n) is 3.16. The van der Waals surface area contributed by atoms with Crippen molar-refractivity contribution < 1.29 is 9.53 Å². The maximum atomic E-state index is 12.1. The summed E-state index contributed by atoms with van der Waals surface area (Å²) in [4.78, 5) is 17.0. The maximum Gasteiger partial charge on any atom is 0.264 e. The number of carbonyl (C=O) groups excluding carboxylic acids is 1. The van der Waals surface area contributed by atoms with Gasteiger partial charge in [-0.3, -0.25) is 4.79 Å². The molecule has 1 fully saturated rings. The van der Waals surface area contributed by atoms with E-state index in [0.29, 0.717) is 31.6 Å². The topological polar surface area (TPSA) is 50.7 Å². The highest BCUT2D eigenvalue weighted by atomic mass is 35.5. The van der Waals surface area contributed by atoms with Crippen LogP contribution in [0.2, 0.25) is 10.0 Å². The van der Waals surface area contributed by atoms with Crippen molar-refractivity contribution in [2.45, 2.75) is 0 Å². The number of benzene rings is 2. The number of halogens is 2. The zero-order valence-corrected chi connectivity index (χ0v) is 14.9. The second-order valence-electron chi connectivity index (χ2n) is 4.86. The summed E-state index contributed by atoms with van der Waals surface area (Å²) >= 11 is 13.3. The van der Waals surface area contributed by atoms with Crippen LogP contribution in [0.25, 0.3) is 6.08 Å². The van der Waals surface area contributed by atoms with E-state index in [0.717, 1.165) is 5.56 Å². The Kier molecular flexibility index (Phi) is 5.14. The first-order valence-electron chi connectivity index (χ1n) is 6.94. The van der Waals surface area contributed by atoms with Gasteiger partial charge >= 0.3 is 0 Å². The van der Waals surface area contributed by atoms with Crippen LogP contribution in [0, 0.1) is 0 Å². The van der Waals surface area contributed by atoms with Crippen molar-refractivity contribution in [1.82, 2.24) is 5.32 Å². The predicted molar refractivity (Wildman–Crippen MR) is 100 cm³/mol. The van der Waals surface area contributed by atoms with Crippen molar-refractivity contribution in [2.24, 2.45) is 4.99 Å². The molecule has 7 heteroatoms.